The van der Waals surface area contributed by atoms with Crippen LogP contribution in [0.25, 0.3) is 0 Å². The van der Waals surface area contributed by atoms with Crippen molar-refractivity contribution in [3.8, 4) is 0 Å². The second kappa shape index (κ2) is 6.56. The van der Waals surface area contributed by atoms with Crippen molar-refractivity contribution in [3.63, 3.8) is 0 Å². The van der Waals surface area contributed by atoms with Crippen LogP contribution in [0.4, 0.5) is 0 Å². The lowest BCUT2D eigenvalue weighted by atomic mass is 10.2. The molecular weight excluding hydrogens is 292 g/mol. The highest BCUT2D eigenvalue weighted by atomic mass is 32.2. The number of nitrogens with two attached hydrogens (primary N) is 1. The lowest BCUT2D eigenvalue weighted by molar-refractivity contribution is 0.293. The van der Waals surface area contributed by atoms with Crippen LogP contribution in [0.2, 0.25) is 0 Å². The molecule has 0 saturated heterocycles. The molecule has 0 spiro atoms. The Hall–Kier alpha value is -0.430. The Morgan fingerprint density at radius 3 is 2.50 bits per heavy atom. The van der Waals surface area contributed by atoms with E-state index in [1.165, 1.54) is 11.3 Å². The van der Waals surface area contributed by atoms with Gasteiger partial charge in [0, 0.05) is 24.0 Å². The Morgan fingerprint density at radius 1 is 1.35 bits per heavy atom. The third-order valence-corrected chi connectivity index (χ3v) is 7.17. The van der Waals surface area contributed by atoms with Gasteiger partial charge in [-0.25, -0.2) is 8.42 Å². The first-order valence-corrected chi connectivity index (χ1v) is 9.51. The largest absolute Gasteiger partial charge is 0.326 e. The standard InChI is InChI=1S/C14H24N2O2S2/c1-11(2)10-16(12-5-3-4-6-12)20(17,18)14-8-7-13(9-15)19-14/h7-8,11-12H,3-6,9-10,15H2,1-2H3. The third-order valence-electron chi connectivity index (χ3n) is 3.68. The smallest absolute Gasteiger partial charge is 0.252 e. The van der Waals surface area contributed by atoms with Crippen LogP contribution in [0, 0.1) is 5.92 Å². The molecule has 0 aromatic carbocycles. The molecule has 2 N–H and O–H groups in total. The molecule has 114 valence electrons. The molecule has 20 heavy (non-hydrogen) atoms. The van der Waals surface area contributed by atoms with E-state index in [0.29, 0.717) is 23.2 Å². The van der Waals surface area contributed by atoms with Gasteiger partial charge < -0.3 is 5.73 Å². The van der Waals surface area contributed by atoms with E-state index in [1.54, 1.807) is 10.4 Å². The topological polar surface area (TPSA) is 63.4 Å². The molecule has 1 aromatic rings. The Kier molecular flexibility index (Phi) is 5.23. The second-order valence-corrected chi connectivity index (χ2v) is 9.12. The fourth-order valence-corrected chi connectivity index (χ4v) is 5.93. The van der Waals surface area contributed by atoms with Gasteiger partial charge in [0.05, 0.1) is 0 Å². The molecule has 4 nitrogen and oxygen atoms in total. The molecule has 1 saturated carbocycles. The van der Waals surface area contributed by atoms with Crippen molar-refractivity contribution in [3.05, 3.63) is 17.0 Å². The molecule has 6 heteroatoms. The average Bonchev–Trinajstić information content (AvgIpc) is 3.06. The van der Waals surface area contributed by atoms with Gasteiger partial charge >= 0.3 is 0 Å². The van der Waals surface area contributed by atoms with Gasteiger partial charge in [0.1, 0.15) is 4.21 Å². The summed E-state index contributed by atoms with van der Waals surface area (Å²) in [5.41, 5.74) is 5.59. The average molecular weight is 316 g/mol. The van der Waals surface area contributed by atoms with Crippen molar-refractivity contribution in [2.75, 3.05) is 6.54 Å². The molecular formula is C14H24N2O2S2. The van der Waals surface area contributed by atoms with Gasteiger partial charge in [-0.1, -0.05) is 26.7 Å². The van der Waals surface area contributed by atoms with E-state index in [1.807, 2.05) is 6.07 Å². The summed E-state index contributed by atoms with van der Waals surface area (Å²) in [6, 6.07) is 3.69. The molecule has 0 radical (unpaired) electrons. The molecule has 1 fully saturated rings. The van der Waals surface area contributed by atoms with Crippen LogP contribution in [-0.4, -0.2) is 25.3 Å². The van der Waals surface area contributed by atoms with E-state index in [-0.39, 0.29) is 6.04 Å². The van der Waals surface area contributed by atoms with Crippen LogP contribution in [-0.2, 0) is 16.6 Å². The predicted octanol–water partition coefficient (Wildman–Crippen LogP) is 2.80. The molecule has 0 unspecified atom stereocenters. The Labute approximate surface area is 126 Å². The summed E-state index contributed by atoms with van der Waals surface area (Å²) in [6.45, 7) is 5.13. The summed E-state index contributed by atoms with van der Waals surface area (Å²) < 4.78 is 27.9. The lowest BCUT2D eigenvalue weighted by Crippen LogP contribution is -2.40. The van der Waals surface area contributed by atoms with Gasteiger partial charge in [-0.15, -0.1) is 11.3 Å². The fourth-order valence-electron chi connectivity index (χ4n) is 2.72. The van der Waals surface area contributed by atoms with E-state index < -0.39 is 10.0 Å². The quantitative estimate of drug-likeness (QED) is 0.877. The molecule has 1 heterocycles. The van der Waals surface area contributed by atoms with Crippen LogP contribution < -0.4 is 5.73 Å². The Bertz CT molecular complexity index is 531. The van der Waals surface area contributed by atoms with Gasteiger partial charge in [-0.05, 0) is 30.9 Å². The first kappa shape index (κ1) is 15.9. The first-order chi connectivity index (χ1) is 9.45. The molecule has 0 atom stereocenters. The zero-order valence-corrected chi connectivity index (χ0v) is 13.8. The van der Waals surface area contributed by atoms with E-state index in [0.717, 1.165) is 30.6 Å². The fraction of sp³-hybridized carbons (Fsp3) is 0.714. The zero-order valence-electron chi connectivity index (χ0n) is 12.2. The molecule has 0 amide bonds. The van der Waals surface area contributed by atoms with Crippen molar-refractivity contribution in [1.82, 2.24) is 4.31 Å². The molecule has 1 aromatic heterocycles. The SMILES string of the molecule is CC(C)CN(C1CCCC1)S(=O)(=O)c1ccc(CN)s1. The van der Waals surface area contributed by atoms with Crippen LogP contribution in [0.3, 0.4) is 0 Å². The van der Waals surface area contributed by atoms with Crippen molar-refractivity contribution >= 4 is 21.4 Å². The number of hydrogen-bond donors (Lipinski definition) is 1. The number of sulfonamides is 1. The van der Waals surface area contributed by atoms with Gasteiger partial charge in [0.25, 0.3) is 10.0 Å². The minimum atomic E-state index is -3.37. The summed E-state index contributed by atoms with van der Waals surface area (Å²) in [6.07, 6.45) is 4.24. The van der Waals surface area contributed by atoms with Gasteiger partial charge in [0.2, 0.25) is 0 Å². The Morgan fingerprint density at radius 2 is 2.00 bits per heavy atom. The maximum absolute atomic E-state index is 12.9. The Balaban J connectivity index is 2.29. The predicted molar refractivity (Wildman–Crippen MR) is 83.2 cm³/mol. The molecule has 1 aliphatic rings. The number of rotatable bonds is 6. The van der Waals surface area contributed by atoms with E-state index in [9.17, 15) is 8.42 Å². The van der Waals surface area contributed by atoms with Gasteiger partial charge in [-0.3, -0.25) is 0 Å². The van der Waals surface area contributed by atoms with Crippen LogP contribution in [0.5, 0.6) is 0 Å². The highest BCUT2D eigenvalue weighted by Crippen LogP contribution is 2.32. The number of hydrogen-bond acceptors (Lipinski definition) is 4. The number of nitrogens with zero attached hydrogens (tertiary/aromatic N) is 1. The molecule has 1 aliphatic carbocycles. The molecule has 2 rings (SSSR count). The van der Waals surface area contributed by atoms with Crippen molar-refractivity contribution in [2.24, 2.45) is 11.7 Å². The van der Waals surface area contributed by atoms with Crippen molar-refractivity contribution in [1.29, 1.82) is 0 Å². The first-order valence-electron chi connectivity index (χ1n) is 7.25. The summed E-state index contributed by atoms with van der Waals surface area (Å²) in [5, 5.41) is 0. The van der Waals surface area contributed by atoms with Crippen LogP contribution in [0.1, 0.15) is 44.4 Å². The summed E-state index contributed by atoms with van der Waals surface area (Å²) in [7, 11) is -3.37. The van der Waals surface area contributed by atoms with E-state index >= 15 is 0 Å². The minimum Gasteiger partial charge on any atom is -0.326 e. The highest BCUT2D eigenvalue weighted by molar-refractivity contribution is 7.91. The minimum absolute atomic E-state index is 0.172. The zero-order chi connectivity index (χ0) is 14.8. The van der Waals surface area contributed by atoms with Gasteiger partial charge in [0.15, 0.2) is 0 Å². The van der Waals surface area contributed by atoms with Crippen molar-refractivity contribution in [2.45, 2.75) is 56.3 Å². The lowest BCUT2D eigenvalue weighted by Gasteiger charge is -2.29. The third kappa shape index (κ3) is 3.42. The summed E-state index contributed by atoms with van der Waals surface area (Å²) in [4.78, 5) is 0.916. The maximum atomic E-state index is 12.9. The monoisotopic (exact) mass is 316 g/mol. The summed E-state index contributed by atoms with van der Waals surface area (Å²) >= 11 is 1.30. The second-order valence-electron chi connectivity index (χ2n) is 5.83. The summed E-state index contributed by atoms with van der Waals surface area (Å²) in [5.74, 6) is 0.333. The van der Waals surface area contributed by atoms with E-state index in [2.05, 4.69) is 13.8 Å². The van der Waals surface area contributed by atoms with Crippen molar-refractivity contribution < 1.29 is 8.42 Å². The van der Waals surface area contributed by atoms with Crippen LogP contribution >= 0.6 is 11.3 Å². The normalized spacial score (nSPS) is 17.4. The van der Waals surface area contributed by atoms with E-state index in [4.69, 9.17) is 5.73 Å². The van der Waals surface area contributed by atoms with Gasteiger partial charge in [-0.2, -0.15) is 4.31 Å². The maximum Gasteiger partial charge on any atom is 0.252 e. The molecule has 0 aliphatic heterocycles. The molecule has 0 bridgehead atoms. The highest BCUT2D eigenvalue weighted by Gasteiger charge is 2.34. The van der Waals surface area contributed by atoms with Crippen LogP contribution in [0.15, 0.2) is 16.3 Å². The number of thiophene rings is 1.